The second kappa shape index (κ2) is 5.33. The molecule has 0 rings (SSSR count). The van der Waals surface area contributed by atoms with E-state index >= 15 is 0 Å². The van der Waals surface area contributed by atoms with E-state index in [1.54, 1.807) is 20.8 Å². The molecule has 0 radical (unpaired) electrons. The summed E-state index contributed by atoms with van der Waals surface area (Å²) in [6.07, 6.45) is -4.10. The Hall–Kier alpha value is -1.34. The number of hydrogen-bond donors (Lipinski definition) is 2. The van der Waals surface area contributed by atoms with Crippen LogP contribution in [0.4, 0.5) is 17.6 Å². The first-order valence-electron chi connectivity index (χ1n) is 4.72. The molecule has 2 amide bonds. The molecule has 0 aliphatic rings. The Morgan fingerprint density at radius 3 is 2.00 bits per heavy atom. The van der Waals surface area contributed by atoms with Crippen LogP contribution in [-0.4, -0.2) is 36.2 Å². The molecule has 0 aromatic rings. The highest BCUT2D eigenvalue weighted by atomic mass is 19.3. The number of nitrogens with one attached hydrogen (secondary N) is 2. The molecule has 8 heteroatoms. The van der Waals surface area contributed by atoms with Crippen molar-refractivity contribution in [3.05, 3.63) is 0 Å². The minimum Gasteiger partial charge on any atom is -0.350 e. The van der Waals surface area contributed by atoms with Crippen LogP contribution in [0, 0.1) is 0 Å². The normalized spacial score (nSPS) is 12.5. The summed E-state index contributed by atoms with van der Waals surface area (Å²) >= 11 is 0. The fraction of sp³-hybridized carbons (Fsp3) is 0.778. The second-order valence-electron chi connectivity index (χ2n) is 4.40. The Morgan fingerprint density at radius 2 is 1.65 bits per heavy atom. The van der Waals surface area contributed by atoms with Gasteiger partial charge in [-0.15, -0.1) is 0 Å². The lowest BCUT2D eigenvalue weighted by atomic mass is 10.1. The molecule has 0 heterocycles. The largest absolute Gasteiger partial charge is 0.383 e. The summed E-state index contributed by atoms with van der Waals surface area (Å²) in [7, 11) is 0. The van der Waals surface area contributed by atoms with E-state index in [1.807, 2.05) is 0 Å². The lowest BCUT2D eigenvalue weighted by Crippen LogP contribution is -2.50. The quantitative estimate of drug-likeness (QED) is 0.737. The van der Waals surface area contributed by atoms with Crippen LogP contribution in [0.15, 0.2) is 0 Å². The van der Waals surface area contributed by atoms with Gasteiger partial charge in [0.15, 0.2) is 0 Å². The molecule has 0 aliphatic carbocycles. The third kappa shape index (κ3) is 5.50. The van der Waals surface area contributed by atoms with E-state index in [9.17, 15) is 27.2 Å². The summed E-state index contributed by atoms with van der Waals surface area (Å²) in [5.41, 5.74) is -0.604. The van der Waals surface area contributed by atoms with Gasteiger partial charge in [-0.1, -0.05) is 0 Å². The van der Waals surface area contributed by atoms with Gasteiger partial charge in [-0.05, 0) is 20.8 Å². The zero-order valence-electron chi connectivity index (χ0n) is 9.61. The van der Waals surface area contributed by atoms with Crippen molar-refractivity contribution in [1.29, 1.82) is 0 Å². The van der Waals surface area contributed by atoms with Crippen LogP contribution in [0.3, 0.4) is 0 Å². The van der Waals surface area contributed by atoms with Crippen molar-refractivity contribution in [2.45, 2.75) is 38.7 Å². The average molecular weight is 258 g/mol. The number of alkyl halides is 4. The summed E-state index contributed by atoms with van der Waals surface area (Å²) in [5.74, 6) is -7.70. The predicted octanol–water partition coefficient (Wildman–Crippen LogP) is 0.918. The van der Waals surface area contributed by atoms with Gasteiger partial charge in [-0.2, -0.15) is 8.78 Å². The molecule has 0 saturated carbocycles. The fourth-order valence-corrected chi connectivity index (χ4v) is 0.840. The van der Waals surface area contributed by atoms with Gasteiger partial charge in [0.2, 0.25) is 5.91 Å². The zero-order valence-corrected chi connectivity index (χ0v) is 9.61. The molecule has 0 fully saturated rings. The monoisotopic (exact) mass is 258 g/mol. The lowest BCUT2D eigenvalue weighted by molar-refractivity contribution is -0.169. The highest BCUT2D eigenvalue weighted by Gasteiger charge is 2.48. The van der Waals surface area contributed by atoms with Crippen molar-refractivity contribution in [2.24, 2.45) is 0 Å². The topological polar surface area (TPSA) is 58.2 Å². The van der Waals surface area contributed by atoms with Gasteiger partial charge in [0, 0.05) is 5.54 Å². The third-order valence-corrected chi connectivity index (χ3v) is 1.50. The molecular weight excluding hydrogens is 244 g/mol. The van der Waals surface area contributed by atoms with E-state index in [4.69, 9.17) is 0 Å². The molecule has 100 valence electrons. The number of carbonyl (C=O) groups is 2. The Kier molecular flexibility index (Phi) is 4.91. The number of amides is 2. The minimum absolute atomic E-state index is 0.604. The molecule has 0 aromatic carbocycles. The molecule has 17 heavy (non-hydrogen) atoms. The number of hydrogen-bond acceptors (Lipinski definition) is 2. The van der Waals surface area contributed by atoms with Crippen molar-refractivity contribution in [2.75, 3.05) is 6.54 Å². The van der Waals surface area contributed by atoms with Gasteiger partial charge in [-0.25, -0.2) is 8.78 Å². The van der Waals surface area contributed by atoms with Crippen molar-refractivity contribution >= 4 is 11.8 Å². The maximum Gasteiger partial charge on any atom is 0.383 e. The summed E-state index contributed by atoms with van der Waals surface area (Å²) in [6, 6.07) is 0. The van der Waals surface area contributed by atoms with E-state index in [1.165, 1.54) is 5.32 Å². The molecule has 2 N–H and O–H groups in total. The van der Waals surface area contributed by atoms with Crippen molar-refractivity contribution in [3.63, 3.8) is 0 Å². The zero-order chi connectivity index (χ0) is 13.9. The molecule has 0 bridgehead atoms. The minimum atomic E-state index is -4.79. The van der Waals surface area contributed by atoms with Crippen LogP contribution in [0.2, 0.25) is 0 Å². The van der Waals surface area contributed by atoms with E-state index in [2.05, 4.69) is 5.32 Å². The van der Waals surface area contributed by atoms with Gasteiger partial charge in [-0.3, -0.25) is 9.59 Å². The summed E-state index contributed by atoms with van der Waals surface area (Å²) in [4.78, 5) is 21.8. The van der Waals surface area contributed by atoms with Gasteiger partial charge < -0.3 is 10.6 Å². The molecule has 4 nitrogen and oxygen atoms in total. The fourth-order valence-electron chi connectivity index (χ4n) is 0.840. The van der Waals surface area contributed by atoms with Crippen LogP contribution >= 0.6 is 0 Å². The first-order chi connectivity index (χ1) is 7.47. The standard InChI is InChI=1S/C9H14F4N2O2/c1-8(2,3)15-5(16)4-14-7(17)9(12,13)6(10)11/h6H,4H2,1-3H3,(H,14,17)(H,15,16). The van der Waals surface area contributed by atoms with E-state index in [0.717, 1.165) is 0 Å². The maximum absolute atomic E-state index is 12.4. The predicted molar refractivity (Wildman–Crippen MR) is 51.9 cm³/mol. The van der Waals surface area contributed by atoms with Gasteiger partial charge in [0.1, 0.15) is 0 Å². The number of rotatable bonds is 4. The highest BCUT2D eigenvalue weighted by Crippen LogP contribution is 2.22. The van der Waals surface area contributed by atoms with Crippen molar-refractivity contribution < 1.29 is 27.2 Å². The van der Waals surface area contributed by atoms with Crippen LogP contribution < -0.4 is 10.6 Å². The van der Waals surface area contributed by atoms with Crippen molar-refractivity contribution in [1.82, 2.24) is 10.6 Å². The summed E-state index contributed by atoms with van der Waals surface area (Å²) in [6.45, 7) is 4.14. The van der Waals surface area contributed by atoms with Crippen LogP contribution in [0.1, 0.15) is 20.8 Å². The first kappa shape index (κ1) is 15.7. The molecule has 0 spiro atoms. The average Bonchev–Trinajstić information content (AvgIpc) is 2.10. The summed E-state index contributed by atoms with van der Waals surface area (Å²) < 4.78 is 48.4. The van der Waals surface area contributed by atoms with Crippen LogP contribution in [0.25, 0.3) is 0 Å². The van der Waals surface area contributed by atoms with E-state index in [0.29, 0.717) is 0 Å². The molecule has 0 aliphatic heterocycles. The van der Waals surface area contributed by atoms with Crippen molar-refractivity contribution in [3.8, 4) is 0 Å². The van der Waals surface area contributed by atoms with Crippen LogP contribution in [0.5, 0.6) is 0 Å². The van der Waals surface area contributed by atoms with Gasteiger partial charge >= 0.3 is 12.3 Å². The molecular formula is C9H14F4N2O2. The Balaban J connectivity index is 4.23. The molecule has 0 saturated heterocycles. The highest BCUT2D eigenvalue weighted by molar-refractivity contribution is 5.88. The van der Waals surface area contributed by atoms with E-state index < -0.39 is 36.2 Å². The molecule has 0 aromatic heterocycles. The van der Waals surface area contributed by atoms with Crippen LogP contribution in [-0.2, 0) is 9.59 Å². The van der Waals surface area contributed by atoms with E-state index in [-0.39, 0.29) is 0 Å². The van der Waals surface area contributed by atoms with Gasteiger partial charge in [0.25, 0.3) is 5.91 Å². The Labute approximate surface area is 95.7 Å². The first-order valence-corrected chi connectivity index (χ1v) is 4.72. The lowest BCUT2D eigenvalue weighted by Gasteiger charge is -2.21. The SMILES string of the molecule is CC(C)(C)NC(=O)CNC(=O)C(F)(F)C(F)F. The number of halogens is 4. The Bertz CT molecular complexity index is 300. The molecule has 0 unspecified atom stereocenters. The molecule has 0 atom stereocenters. The second-order valence-corrected chi connectivity index (χ2v) is 4.40. The summed E-state index contributed by atoms with van der Waals surface area (Å²) in [5, 5.41) is 3.81. The Morgan fingerprint density at radius 1 is 1.18 bits per heavy atom. The third-order valence-electron chi connectivity index (χ3n) is 1.50. The van der Waals surface area contributed by atoms with Gasteiger partial charge in [0.05, 0.1) is 6.54 Å². The maximum atomic E-state index is 12.4. The smallest absolute Gasteiger partial charge is 0.350 e. The number of carbonyl (C=O) groups excluding carboxylic acids is 2.